The van der Waals surface area contributed by atoms with Crippen molar-refractivity contribution in [1.29, 1.82) is 0 Å². The van der Waals surface area contributed by atoms with E-state index in [2.05, 4.69) is 10.1 Å². The highest BCUT2D eigenvalue weighted by molar-refractivity contribution is 7.13. The summed E-state index contributed by atoms with van der Waals surface area (Å²) in [5, 5.41) is 7.96. The molecule has 4 aromatic rings. The Kier molecular flexibility index (Phi) is 7.99. The molecule has 1 atom stereocenters. The molecular weight excluding hydrogens is 493 g/mol. The molecule has 0 aliphatic rings. The quantitative estimate of drug-likeness (QED) is 0.374. The Bertz CT molecular complexity index is 1420. The van der Waals surface area contributed by atoms with Gasteiger partial charge in [0.1, 0.15) is 22.6 Å². The van der Waals surface area contributed by atoms with Crippen LogP contribution in [0.5, 0.6) is 0 Å². The Balaban J connectivity index is 0.000000241. The number of aromatic amines is 1. The number of nitrogens with two attached hydrogens (primary N) is 1. The average Bonchev–Trinajstić information content (AvgIpc) is 3.30. The summed E-state index contributed by atoms with van der Waals surface area (Å²) in [4.78, 5) is 27.1. The molecule has 3 aromatic heterocycles. The summed E-state index contributed by atoms with van der Waals surface area (Å²) in [6, 6.07) is 4.55. The molecule has 3 N–H and O–H groups in total. The molecule has 186 valence electrons. The van der Waals surface area contributed by atoms with Gasteiger partial charge < -0.3 is 10.3 Å². The lowest BCUT2D eigenvalue weighted by atomic mass is 10.1. The molecule has 0 fully saturated rings. The molecule has 7 nitrogen and oxygen atoms in total. The van der Waals surface area contributed by atoms with E-state index in [1.54, 1.807) is 35.0 Å². The fourth-order valence-electron chi connectivity index (χ4n) is 3.29. The molecule has 35 heavy (non-hydrogen) atoms. The van der Waals surface area contributed by atoms with Gasteiger partial charge >= 0.3 is 6.18 Å². The number of hydrogen-bond donors (Lipinski definition) is 2. The third kappa shape index (κ3) is 6.10. The van der Waals surface area contributed by atoms with E-state index < -0.39 is 35.0 Å². The van der Waals surface area contributed by atoms with Crippen LogP contribution in [0.3, 0.4) is 0 Å². The van der Waals surface area contributed by atoms with Gasteiger partial charge in [0.25, 0.3) is 11.1 Å². The summed E-state index contributed by atoms with van der Waals surface area (Å²) in [5.74, 6) is -0.493. The van der Waals surface area contributed by atoms with Crippen LogP contribution >= 0.6 is 11.3 Å². The van der Waals surface area contributed by atoms with Crippen molar-refractivity contribution in [2.45, 2.75) is 38.7 Å². The smallest absolute Gasteiger partial charge is 0.397 e. The van der Waals surface area contributed by atoms with Crippen LogP contribution < -0.4 is 16.9 Å². The lowest BCUT2D eigenvalue weighted by Gasteiger charge is -2.11. The number of fused-ring (bicyclic) bond motifs is 1. The number of halogens is 5. The number of anilines is 1. The predicted octanol–water partition coefficient (Wildman–Crippen LogP) is 4.77. The molecular formula is C22H20F5N5O2S. The molecule has 0 saturated carbocycles. The number of nitrogens with zero attached hydrogens (tertiary/aromatic N) is 3. The number of nitrogens with one attached hydrogen (secondary N) is 1. The second-order valence-corrected chi connectivity index (χ2v) is 8.34. The third-order valence-electron chi connectivity index (χ3n) is 4.89. The first-order valence-electron chi connectivity index (χ1n) is 10.3. The number of rotatable bonds is 5. The lowest BCUT2D eigenvalue weighted by molar-refractivity contribution is -0.138. The van der Waals surface area contributed by atoms with Gasteiger partial charge in [0.05, 0.1) is 23.8 Å². The Hall–Kier alpha value is -3.61. The molecule has 0 spiro atoms. The van der Waals surface area contributed by atoms with Crippen molar-refractivity contribution in [3.63, 3.8) is 0 Å². The van der Waals surface area contributed by atoms with Gasteiger partial charge in [-0.3, -0.25) is 9.59 Å². The van der Waals surface area contributed by atoms with Crippen LogP contribution in [0.1, 0.15) is 25.3 Å². The highest BCUT2D eigenvalue weighted by Crippen LogP contribution is 2.30. The third-order valence-corrected chi connectivity index (χ3v) is 5.70. The van der Waals surface area contributed by atoms with Crippen LogP contribution in [0.25, 0.3) is 21.3 Å². The monoisotopic (exact) mass is 513 g/mol. The Morgan fingerprint density at radius 3 is 2.57 bits per heavy atom. The number of H-pyrrole nitrogens is 1. The van der Waals surface area contributed by atoms with Crippen molar-refractivity contribution < 1.29 is 22.0 Å². The fraction of sp³-hybridized carbons (Fsp3) is 0.273. The number of alkyl halides is 4. The second kappa shape index (κ2) is 10.8. The molecule has 1 aromatic carbocycles. The molecule has 0 radical (unpaired) electrons. The minimum absolute atomic E-state index is 0.00152. The van der Waals surface area contributed by atoms with Gasteiger partial charge in [-0.25, -0.2) is 18.9 Å². The molecule has 0 aliphatic carbocycles. The Morgan fingerprint density at radius 1 is 1.26 bits per heavy atom. The second-order valence-electron chi connectivity index (χ2n) is 7.44. The van der Waals surface area contributed by atoms with E-state index in [1.165, 1.54) is 22.0 Å². The number of thiazole rings is 1. The molecule has 0 saturated heterocycles. The van der Waals surface area contributed by atoms with Gasteiger partial charge in [0, 0.05) is 23.3 Å². The fourth-order valence-corrected chi connectivity index (χ4v) is 3.95. The zero-order chi connectivity index (χ0) is 25.8. The average molecular weight is 513 g/mol. The zero-order valence-electron chi connectivity index (χ0n) is 18.3. The molecule has 0 aliphatic heterocycles. The van der Waals surface area contributed by atoms with E-state index >= 15 is 0 Å². The largest absolute Gasteiger partial charge is 0.423 e. The summed E-state index contributed by atoms with van der Waals surface area (Å²) in [5.41, 5.74) is 1.50. The van der Waals surface area contributed by atoms with Crippen molar-refractivity contribution in [3.05, 3.63) is 74.3 Å². The molecule has 0 amide bonds. The highest BCUT2D eigenvalue weighted by Gasteiger charge is 2.36. The van der Waals surface area contributed by atoms with Crippen LogP contribution in [0.15, 0.2) is 51.8 Å². The van der Waals surface area contributed by atoms with Crippen molar-refractivity contribution >= 4 is 27.8 Å². The first-order chi connectivity index (χ1) is 16.5. The maximum absolute atomic E-state index is 14.3. The highest BCUT2D eigenvalue weighted by atomic mass is 32.1. The number of aromatic nitrogens is 4. The number of pyridine rings is 1. The summed E-state index contributed by atoms with van der Waals surface area (Å²) < 4.78 is 65.3. The number of nitrogen functional groups attached to an aromatic ring is 1. The summed E-state index contributed by atoms with van der Waals surface area (Å²) >= 11 is 1.34. The Morgan fingerprint density at radius 2 is 2.00 bits per heavy atom. The molecule has 0 bridgehead atoms. The minimum atomic E-state index is -4.74. The maximum Gasteiger partial charge on any atom is 0.423 e. The van der Waals surface area contributed by atoms with Crippen LogP contribution in [0.4, 0.5) is 27.6 Å². The molecule has 1 unspecified atom stereocenters. The first kappa shape index (κ1) is 26.0. The standard InChI is InChI=1S/C17H16F2N2OS.C5H4F3N3O/c1-2-3-12(18)10-21-6-4-11-8-14(16-20-5-7-23-16)15(19)9-13(11)17(21)22;6-5(7,8)3-2(9)1-10-11-4(3)12/h4-9,12H,2-3,10H2,1H3;1H,(H3,9,11,12). The molecule has 13 heteroatoms. The normalized spacial score (nSPS) is 12.3. The van der Waals surface area contributed by atoms with E-state index in [-0.39, 0.29) is 17.5 Å². The van der Waals surface area contributed by atoms with Gasteiger partial charge in [-0.1, -0.05) is 13.3 Å². The molecule has 4 rings (SSSR count). The summed E-state index contributed by atoms with van der Waals surface area (Å²) in [6.45, 7) is 1.89. The van der Waals surface area contributed by atoms with Gasteiger partial charge in [-0.15, -0.1) is 11.3 Å². The Labute approximate surface area is 199 Å². The van der Waals surface area contributed by atoms with Crippen molar-refractivity contribution in [2.24, 2.45) is 0 Å². The summed E-state index contributed by atoms with van der Waals surface area (Å²) in [7, 11) is 0. The molecule has 3 heterocycles. The summed E-state index contributed by atoms with van der Waals surface area (Å²) in [6.07, 6.45) is -0.774. The van der Waals surface area contributed by atoms with Gasteiger partial charge in [0.15, 0.2) is 0 Å². The SMILES string of the molecule is CCCC(F)Cn1ccc2cc(-c3nccs3)c(F)cc2c1=O.Nc1cn[nH]c(=O)c1C(F)(F)F. The maximum atomic E-state index is 14.3. The predicted molar refractivity (Wildman–Crippen MR) is 123 cm³/mol. The van der Waals surface area contributed by atoms with Gasteiger partial charge in [0.2, 0.25) is 0 Å². The lowest BCUT2D eigenvalue weighted by Crippen LogP contribution is -2.24. The first-order valence-corrected chi connectivity index (χ1v) is 11.2. The van der Waals surface area contributed by atoms with E-state index in [0.717, 1.165) is 12.6 Å². The zero-order valence-corrected chi connectivity index (χ0v) is 19.1. The van der Waals surface area contributed by atoms with Crippen molar-refractivity contribution in [3.8, 4) is 10.6 Å². The van der Waals surface area contributed by atoms with Gasteiger partial charge in [-0.2, -0.15) is 18.3 Å². The van der Waals surface area contributed by atoms with Crippen molar-refractivity contribution in [1.82, 2.24) is 19.7 Å². The van der Waals surface area contributed by atoms with Crippen LogP contribution in [0.2, 0.25) is 0 Å². The van der Waals surface area contributed by atoms with E-state index in [1.807, 2.05) is 6.92 Å². The van der Waals surface area contributed by atoms with Crippen LogP contribution in [-0.2, 0) is 12.7 Å². The minimum Gasteiger partial charge on any atom is -0.397 e. The van der Waals surface area contributed by atoms with Crippen molar-refractivity contribution in [2.75, 3.05) is 5.73 Å². The number of benzene rings is 1. The van der Waals surface area contributed by atoms with Gasteiger partial charge in [-0.05, 0) is 30.0 Å². The topological polar surface area (TPSA) is 107 Å². The van der Waals surface area contributed by atoms with Crippen LogP contribution in [-0.4, -0.2) is 25.9 Å². The van der Waals surface area contributed by atoms with E-state index in [9.17, 15) is 31.5 Å². The van der Waals surface area contributed by atoms with E-state index in [4.69, 9.17) is 5.73 Å². The number of hydrogen-bond acceptors (Lipinski definition) is 6. The van der Waals surface area contributed by atoms with E-state index in [0.29, 0.717) is 22.4 Å². The van der Waals surface area contributed by atoms with Crippen LogP contribution in [0, 0.1) is 5.82 Å².